The second kappa shape index (κ2) is 8.62. The molecule has 2 rings (SSSR count). The van der Waals surface area contributed by atoms with E-state index in [1.54, 1.807) is 20.8 Å². The summed E-state index contributed by atoms with van der Waals surface area (Å²) in [4.78, 5) is 37.0. The van der Waals surface area contributed by atoms with Crippen LogP contribution in [0.1, 0.15) is 42.6 Å². The Balaban J connectivity index is 2.16. The molecule has 9 heteroatoms. The molecular weight excluding hydrogens is 372 g/mol. The van der Waals surface area contributed by atoms with Gasteiger partial charge in [-0.05, 0) is 31.0 Å². The first-order valence-corrected chi connectivity index (χ1v) is 10.3. The summed E-state index contributed by atoms with van der Waals surface area (Å²) in [7, 11) is -3.72. The Morgan fingerprint density at radius 2 is 1.89 bits per heavy atom. The lowest BCUT2D eigenvalue weighted by Gasteiger charge is -2.19. The van der Waals surface area contributed by atoms with Crippen LogP contribution in [-0.2, 0) is 24.3 Å². The van der Waals surface area contributed by atoms with Crippen molar-refractivity contribution in [3.05, 3.63) is 29.3 Å². The van der Waals surface area contributed by atoms with E-state index in [4.69, 9.17) is 4.74 Å². The number of hydrogen-bond acceptors (Lipinski definition) is 6. The number of aryl methyl sites for hydroxylation is 1. The number of rotatable bonds is 7. The molecule has 0 spiro atoms. The molecule has 1 aromatic rings. The zero-order valence-electron chi connectivity index (χ0n) is 15.7. The molecule has 27 heavy (non-hydrogen) atoms. The molecule has 1 saturated heterocycles. The first-order chi connectivity index (χ1) is 12.7. The van der Waals surface area contributed by atoms with Gasteiger partial charge < -0.3 is 4.74 Å². The number of sulfonamides is 1. The maximum absolute atomic E-state index is 12.6. The molecule has 1 heterocycles. The molecule has 0 saturated carbocycles. The fourth-order valence-corrected chi connectivity index (χ4v) is 4.37. The van der Waals surface area contributed by atoms with Crippen LogP contribution in [0.25, 0.3) is 0 Å². The van der Waals surface area contributed by atoms with E-state index in [1.165, 1.54) is 22.5 Å². The zero-order valence-corrected chi connectivity index (χ0v) is 16.5. The number of carbonyl (C=O) groups is 3. The third-order valence-corrected chi connectivity index (χ3v) is 6.52. The highest BCUT2D eigenvalue weighted by atomic mass is 32.2. The van der Waals surface area contributed by atoms with Crippen LogP contribution in [0, 0.1) is 6.92 Å². The molecule has 0 unspecified atom stereocenters. The highest BCUT2D eigenvalue weighted by Gasteiger charge is 2.28. The van der Waals surface area contributed by atoms with Crippen LogP contribution in [0.4, 0.5) is 0 Å². The minimum Gasteiger partial charge on any atom is -0.452 e. The van der Waals surface area contributed by atoms with E-state index in [-0.39, 0.29) is 16.4 Å². The van der Waals surface area contributed by atoms with Gasteiger partial charge in [-0.1, -0.05) is 19.9 Å². The minimum atomic E-state index is -3.72. The molecule has 2 amide bonds. The van der Waals surface area contributed by atoms with E-state index >= 15 is 0 Å². The van der Waals surface area contributed by atoms with Crippen molar-refractivity contribution in [2.75, 3.05) is 26.2 Å². The summed E-state index contributed by atoms with van der Waals surface area (Å²) in [6.07, 6.45) is 0.910. The van der Waals surface area contributed by atoms with Gasteiger partial charge in [-0.25, -0.2) is 13.2 Å². The standard InChI is InChI=1S/C18H24N2O6S/c1-4-19(5-2)27(24,25)14-9-8-13(3)15(11-14)18(23)26-12-17(22)20-10-6-7-16(20)21/h8-9,11H,4-7,10,12H2,1-3H3. The van der Waals surface area contributed by atoms with Gasteiger partial charge in [0.2, 0.25) is 15.9 Å². The van der Waals surface area contributed by atoms with E-state index in [2.05, 4.69) is 0 Å². The maximum Gasteiger partial charge on any atom is 0.338 e. The highest BCUT2D eigenvalue weighted by molar-refractivity contribution is 7.89. The second-order valence-electron chi connectivity index (χ2n) is 6.18. The topological polar surface area (TPSA) is 101 Å². The van der Waals surface area contributed by atoms with Crippen molar-refractivity contribution in [2.24, 2.45) is 0 Å². The fraction of sp³-hybridized carbons (Fsp3) is 0.500. The third-order valence-electron chi connectivity index (χ3n) is 4.47. The molecule has 0 N–H and O–H groups in total. The van der Waals surface area contributed by atoms with Gasteiger partial charge in [0.1, 0.15) is 0 Å². The van der Waals surface area contributed by atoms with Gasteiger partial charge >= 0.3 is 5.97 Å². The summed E-state index contributed by atoms with van der Waals surface area (Å²) in [6.45, 7) is 5.50. The Morgan fingerprint density at radius 3 is 2.44 bits per heavy atom. The Hall–Kier alpha value is -2.26. The van der Waals surface area contributed by atoms with Gasteiger partial charge in [0.05, 0.1) is 10.5 Å². The zero-order chi connectivity index (χ0) is 20.2. The first-order valence-electron chi connectivity index (χ1n) is 8.83. The quantitative estimate of drug-likeness (QED) is 0.645. The molecule has 8 nitrogen and oxygen atoms in total. The van der Waals surface area contributed by atoms with Crippen LogP contribution in [0.3, 0.4) is 0 Å². The number of imide groups is 1. The molecule has 0 aliphatic carbocycles. The number of carbonyl (C=O) groups excluding carboxylic acids is 3. The predicted octanol–water partition coefficient (Wildman–Crippen LogP) is 1.33. The molecule has 0 aromatic heterocycles. The van der Waals surface area contributed by atoms with Gasteiger partial charge in [0.25, 0.3) is 5.91 Å². The van der Waals surface area contributed by atoms with Crippen LogP contribution in [0.5, 0.6) is 0 Å². The average molecular weight is 396 g/mol. The van der Waals surface area contributed by atoms with Crippen molar-refractivity contribution in [3.63, 3.8) is 0 Å². The number of likely N-dealkylation sites (tertiary alicyclic amines) is 1. The predicted molar refractivity (Wildman–Crippen MR) is 97.5 cm³/mol. The van der Waals surface area contributed by atoms with Crippen LogP contribution in [-0.4, -0.2) is 61.6 Å². The normalized spacial score (nSPS) is 14.7. The van der Waals surface area contributed by atoms with Crippen molar-refractivity contribution in [1.82, 2.24) is 9.21 Å². The highest BCUT2D eigenvalue weighted by Crippen LogP contribution is 2.20. The van der Waals surface area contributed by atoms with E-state index in [1.807, 2.05) is 0 Å². The molecule has 1 aliphatic heterocycles. The lowest BCUT2D eigenvalue weighted by Crippen LogP contribution is -2.35. The fourth-order valence-electron chi connectivity index (χ4n) is 2.89. The molecule has 1 aromatic carbocycles. The Labute approximate surface area is 159 Å². The van der Waals surface area contributed by atoms with Gasteiger partial charge in [-0.2, -0.15) is 4.31 Å². The summed E-state index contributed by atoms with van der Waals surface area (Å²) in [5, 5.41) is 0. The van der Waals surface area contributed by atoms with Crippen LogP contribution < -0.4 is 0 Å². The molecule has 1 aliphatic rings. The molecule has 0 bridgehead atoms. The molecule has 0 radical (unpaired) electrons. The van der Waals surface area contributed by atoms with Crippen molar-refractivity contribution in [2.45, 2.75) is 38.5 Å². The SMILES string of the molecule is CCN(CC)S(=O)(=O)c1ccc(C)c(C(=O)OCC(=O)N2CCCC2=O)c1. The molecular formula is C18H24N2O6S. The maximum atomic E-state index is 12.6. The van der Waals surface area contributed by atoms with E-state index < -0.39 is 28.5 Å². The summed E-state index contributed by atoms with van der Waals surface area (Å²) in [5.41, 5.74) is 0.604. The van der Waals surface area contributed by atoms with Crippen molar-refractivity contribution < 1.29 is 27.5 Å². The van der Waals surface area contributed by atoms with Gasteiger partial charge in [0.15, 0.2) is 6.61 Å². The van der Waals surface area contributed by atoms with E-state index in [0.29, 0.717) is 38.0 Å². The summed E-state index contributed by atoms with van der Waals surface area (Å²) < 4.78 is 31.6. The summed E-state index contributed by atoms with van der Waals surface area (Å²) >= 11 is 0. The first kappa shape index (κ1) is 21.0. The number of nitrogens with zero attached hydrogens (tertiary/aromatic N) is 2. The Kier molecular flexibility index (Phi) is 6.72. The average Bonchev–Trinajstić information content (AvgIpc) is 3.06. The largest absolute Gasteiger partial charge is 0.452 e. The van der Waals surface area contributed by atoms with Gasteiger partial charge in [0, 0.05) is 26.1 Å². The number of esters is 1. The smallest absolute Gasteiger partial charge is 0.338 e. The lowest BCUT2D eigenvalue weighted by molar-refractivity contribution is -0.143. The van der Waals surface area contributed by atoms with E-state index in [0.717, 1.165) is 4.90 Å². The molecule has 1 fully saturated rings. The minimum absolute atomic E-state index is 0.00945. The molecule has 148 valence electrons. The summed E-state index contributed by atoms with van der Waals surface area (Å²) in [5.74, 6) is -1.65. The van der Waals surface area contributed by atoms with Gasteiger partial charge in [-0.3, -0.25) is 14.5 Å². The third kappa shape index (κ3) is 4.54. The number of hydrogen-bond donors (Lipinski definition) is 0. The van der Waals surface area contributed by atoms with Crippen molar-refractivity contribution in [3.8, 4) is 0 Å². The van der Waals surface area contributed by atoms with E-state index in [9.17, 15) is 22.8 Å². The Morgan fingerprint density at radius 1 is 1.22 bits per heavy atom. The van der Waals surface area contributed by atoms with Crippen LogP contribution >= 0.6 is 0 Å². The van der Waals surface area contributed by atoms with Crippen LogP contribution in [0.2, 0.25) is 0 Å². The number of ether oxygens (including phenoxy) is 1. The van der Waals surface area contributed by atoms with Crippen LogP contribution in [0.15, 0.2) is 23.1 Å². The second-order valence-corrected chi connectivity index (χ2v) is 8.12. The lowest BCUT2D eigenvalue weighted by atomic mass is 10.1. The number of amides is 2. The van der Waals surface area contributed by atoms with Gasteiger partial charge in [-0.15, -0.1) is 0 Å². The monoisotopic (exact) mass is 396 g/mol. The number of benzene rings is 1. The molecule has 0 atom stereocenters. The summed E-state index contributed by atoms with van der Waals surface area (Å²) in [6, 6.07) is 4.23. The Bertz CT molecular complexity index is 845. The van der Waals surface area contributed by atoms with Crippen molar-refractivity contribution >= 4 is 27.8 Å². The van der Waals surface area contributed by atoms with Crippen molar-refractivity contribution in [1.29, 1.82) is 0 Å².